The summed E-state index contributed by atoms with van der Waals surface area (Å²) in [5.41, 5.74) is 3.60. The molecule has 1 aliphatic heterocycles. The maximum atomic E-state index is 4.29. The third-order valence-electron chi connectivity index (χ3n) is 3.74. The van der Waals surface area contributed by atoms with Gasteiger partial charge in [0, 0.05) is 37.6 Å². The van der Waals surface area contributed by atoms with Gasteiger partial charge < -0.3 is 4.90 Å². The van der Waals surface area contributed by atoms with E-state index in [0.29, 0.717) is 0 Å². The molecule has 1 fully saturated rings. The molecule has 2 aromatic heterocycles. The van der Waals surface area contributed by atoms with Crippen LogP contribution in [0.5, 0.6) is 0 Å². The fourth-order valence-electron chi connectivity index (χ4n) is 2.76. The summed E-state index contributed by atoms with van der Waals surface area (Å²) >= 11 is 1.85. The maximum Gasteiger partial charge on any atom is 0.0827 e. The Morgan fingerprint density at radius 2 is 2.05 bits per heavy atom. The van der Waals surface area contributed by atoms with E-state index >= 15 is 0 Å². The van der Waals surface area contributed by atoms with Gasteiger partial charge in [0.2, 0.25) is 0 Å². The molecule has 1 saturated heterocycles. The number of aryl methyl sites for hydroxylation is 2. The van der Waals surface area contributed by atoms with Crippen molar-refractivity contribution in [3.63, 3.8) is 0 Å². The highest BCUT2D eigenvalue weighted by atomic mass is 32.1. The Kier molecular flexibility index (Phi) is 3.57. The summed E-state index contributed by atoms with van der Waals surface area (Å²) in [5.74, 6) is 0. The number of aromatic amines is 1. The van der Waals surface area contributed by atoms with Crippen LogP contribution in [0.2, 0.25) is 0 Å². The highest BCUT2D eigenvalue weighted by Crippen LogP contribution is 2.23. The second-order valence-electron chi connectivity index (χ2n) is 5.13. The van der Waals surface area contributed by atoms with Gasteiger partial charge in [0.15, 0.2) is 0 Å². The molecule has 0 unspecified atom stereocenters. The molecule has 1 N–H and O–H groups in total. The third-order valence-corrected chi connectivity index (χ3v) is 4.60. The lowest BCUT2D eigenvalue weighted by Crippen LogP contribution is -2.46. The second-order valence-corrected chi connectivity index (χ2v) is 6.16. The van der Waals surface area contributed by atoms with Crippen molar-refractivity contribution < 1.29 is 0 Å². The van der Waals surface area contributed by atoms with Gasteiger partial charge >= 0.3 is 0 Å². The van der Waals surface area contributed by atoms with Crippen molar-refractivity contribution in [2.75, 3.05) is 31.1 Å². The lowest BCUT2D eigenvalue weighted by molar-refractivity contribution is 0.252. The Hall–Kier alpha value is -1.33. The smallest absolute Gasteiger partial charge is 0.0827 e. The highest BCUT2D eigenvalue weighted by Gasteiger charge is 2.21. The van der Waals surface area contributed by atoms with Gasteiger partial charge in [-0.05, 0) is 25.3 Å². The molecule has 19 heavy (non-hydrogen) atoms. The van der Waals surface area contributed by atoms with Crippen LogP contribution in [0.15, 0.2) is 17.5 Å². The monoisotopic (exact) mass is 276 g/mol. The van der Waals surface area contributed by atoms with E-state index in [-0.39, 0.29) is 0 Å². The number of hydrogen-bond donors (Lipinski definition) is 1. The van der Waals surface area contributed by atoms with Crippen LogP contribution < -0.4 is 4.90 Å². The molecule has 102 valence electrons. The molecule has 4 nitrogen and oxygen atoms in total. The van der Waals surface area contributed by atoms with Gasteiger partial charge in [0.25, 0.3) is 0 Å². The molecule has 5 heteroatoms. The number of nitrogens with zero attached hydrogens (tertiary/aromatic N) is 3. The zero-order chi connectivity index (χ0) is 13.2. The summed E-state index contributed by atoms with van der Waals surface area (Å²) in [6.45, 7) is 9.71. The molecule has 0 atom stereocenters. The zero-order valence-electron chi connectivity index (χ0n) is 11.5. The van der Waals surface area contributed by atoms with Crippen LogP contribution in [0.3, 0.4) is 0 Å². The number of hydrogen-bond acceptors (Lipinski definition) is 4. The zero-order valence-corrected chi connectivity index (χ0v) is 12.3. The van der Waals surface area contributed by atoms with Crippen molar-refractivity contribution in [2.45, 2.75) is 20.4 Å². The number of nitrogens with one attached hydrogen (secondary N) is 1. The molecule has 2 aromatic rings. The van der Waals surface area contributed by atoms with Gasteiger partial charge in [-0.15, -0.1) is 11.3 Å². The summed E-state index contributed by atoms with van der Waals surface area (Å²) in [4.78, 5) is 6.45. The Labute approximate surface area is 118 Å². The largest absolute Gasteiger partial charge is 0.366 e. The van der Waals surface area contributed by atoms with Crippen molar-refractivity contribution >= 4 is 17.0 Å². The van der Waals surface area contributed by atoms with Gasteiger partial charge in [0.1, 0.15) is 0 Å². The molecule has 3 rings (SSSR count). The minimum atomic E-state index is 1.09. The van der Waals surface area contributed by atoms with Crippen LogP contribution in [-0.4, -0.2) is 41.3 Å². The molecule has 1 aliphatic rings. The number of H-pyrrole nitrogens is 1. The Bertz CT molecular complexity index is 504. The molecule has 0 radical (unpaired) electrons. The molecular formula is C14H20N4S. The molecule has 3 heterocycles. The van der Waals surface area contributed by atoms with Gasteiger partial charge in [-0.3, -0.25) is 10.00 Å². The average molecular weight is 276 g/mol. The van der Waals surface area contributed by atoms with E-state index < -0.39 is 0 Å². The summed E-state index contributed by atoms with van der Waals surface area (Å²) < 4.78 is 0. The van der Waals surface area contributed by atoms with Gasteiger partial charge in [-0.2, -0.15) is 5.10 Å². The van der Waals surface area contributed by atoms with E-state index in [1.165, 1.54) is 16.3 Å². The lowest BCUT2D eigenvalue weighted by Gasteiger charge is -2.36. The SMILES string of the molecule is Cc1n[nH]c(C)c1N1CCN(Cc2cccs2)CC1. The van der Waals surface area contributed by atoms with Crippen molar-refractivity contribution in [1.29, 1.82) is 0 Å². The molecule has 0 saturated carbocycles. The average Bonchev–Trinajstić information content (AvgIpc) is 3.02. The molecule has 0 amide bonds. The fraction of sp³-hybridized carbons (Fsp3) is 0.500. The second kappa shape index (κ2) is 5.35. The first kappa shape index (κ1) is 12.7. The van der Waals surface area contributed by atoms with Crippen molar-refractivity contribution in [3.05, 3.63) is 33.8 Å². The minimum Gasteiger partial charge on any atom is -0.366 e. The number of piperazine rings is 1. The quantitative estimate of drug-likeness (QED) is 0.935. The van der Waals surface area contributed by atoms with Crippen LogP contribution in [0.4, 0.5) is 5.69 Å². The predicted molar refractivity (Wildman–Crippen MR) is 79.9 cm³/mol. The molecular weight excluding hydrogens is 256 g/mol. The Morgan fingerprint density at radius 1 is 1.26 bits per heavy atom. The van der Waals surface area contributed by atoms with Crippen LogP contribution in [0, 0.1) is 13.8 Å². The minimum absolute atomic E-state index is 1.09. The number of thiophene rings is 1. The Morgan fingerprint density at radius 3 is 2.63 bits per heavy atom. The first-order valence-corrected chi connectivity index (χ1v) is 7.63. The summed E-state index contributed by atoms with van der Waals surface area (Å²) in [7, 11) is 0. The first-order chi connectivity index (χ1) is 9.24. The van der Waals surface area contributed by atoms with Crippen molar-refractivity contribution in [1.82, 2.24) is 15.1 Å². The standard InChI is InChI=1S/C14H20N4S/c1-11-14(12(2)16-15-11)18-7-5-17(6-8-18)10-13-4-3-9-19-13/h3-4,9H,5-8,10H2,1-2H3,(H,15,16). The van der Waals surface area contributed by atoms with E-state index in [2.05, 4.69) is 51.4 Å². The highest BCUT2D eigenvalue weighted by molar-refractivity contribution is 7.09. The van der Waals surface area contributed by atoms with Crippen molar-refractivity contribution in [2.24, 2.45) is 0 Å². The summed E-state index contributed by atoms with van der Waals surface area (Å²) in [6, 6.07) is 4.36. The van der Waals surface area contributed by atoms with E-state index in [1.54, 1.807) is 0 Å². The van der Waals surface area contributed by atoms with Gasteiger partial charge in [-0.25, -0.2) is 0 Å². The lowest BCUT2D eigenvalue weighted by atomic mass is 10.2. The third kappa shape index (κ3) is 2.67. The van der Waals surface area contributed by atoms with E-state index in [1.807, 2.05) is 11.3 Å². The molecule has 0 bridgehead atoms. The summed E-state index contributed by atoms with van der Waals surface area (Å²) in [6.07, 6.45) is 0. The van der Waals surface area contributed by atoms with Crippen molar-refractivity contribution in [3.8, 4) is 0 Å². The fourth-order valence-corrected chi connectivity index (χ4v) is 3.51. The van der Waals surface area contributed by atoms with Crippen LogP contribution in [-0.2, 0) is 6.54 Å². The van der Waals surface area contributed by atoms with Crippen LogP contribution >= 0.6 is 11.3 Å². The van der Waals surface area contributed by atoms with E-state index in [4.69, 9.17) is 0 Å². The predicted octanol–water partition coefficient (Wildman–Crippen LogP) is 2.41. The van der Waals surface area contributed by atoms with E-state index in [0.717, 1.165) is 38.4 Å². The number of anilines is 1. The van der Waals surface area contributed by atoms with Gasteiger partial charge in [-0.1, -0.05) is 6.07 Å². The maximum absolute atomic E-state index is 4.29. The van der Waals surface area contributed by atoms with E-state index in [9.17, 15) is 0 Å². The number of rotatable bonds is 3. The molecule has 0 aromatic carbocycles. The topological polar surface area (TPSA) is 35.2 Å². The van der Waals surface area contributed by atoms with Gasteiger partial charge in [0.05, 0.1) is 17.1 Å². The molecule has 0 spiro atoms. The van der Waals surface area contributed by atoms with Crippen LogP contribution in [0.1, 0.15) is 16.3 Å². The first-order valence-electron chi connectivity index (χ1n) is 6.75. The molecule has 0 aliphatic carbocycles. The van der Waals surface area contributed by atoms with Crippen LogP contribution in [0.25, 0.3) is 0 Å². The normalized spacial score (nSPS) is 17.1. The number of aromatic nitrogens is 2. The summed E-state index contributed by atoms with van der Waals surface area (Å²) in [5, 5.41) is 9.53. The Balaban J connectivity index is 1.60.